The summed E-state index contributed by atoms with van der Waals surface area (Å²) in [5.41, 5.74) is 5.00. The van der Waals surface area contributed by atoms with Gasteiger partial charge in [0.2, 0.25) is 0 Å². The third kappa shape index (κ3) is 4.85. The highest BCUT2D eigenvalue weighted by molar-refractivity contribution is 6.40. The van der Waals surface area contributed by atoms with Gasteiger partial charge in [0, 0.05) is 10.1 Å². The van der Waals surface area contributed by atoms with Crippen LogP contribution in [0.5, 0.6) is 0 Å². The van der Waals surface area contributed by atoms with Crippen LogP contribution in [0.3, 0.4) is 0 Å². The van der Waals surface area contributed by atoms with Gasteiger partial charge in [0.25, 0.3) is 0 Å². The fraction of sp³-hybridized carbons (Fsp3) is 0.391. The van der Waals surface area contributed by atoms with Crippen LogP contribution in [0.1, 0.15) is 56.1 Å². The summed E-state index contributed by atoms with van der Waals surface area (Å²) in [6.45, 7) is 3.82. The van der Waals surface area contributed by atoms with E-state index >= 15 is 0 Å². The van der Waals surface area contributed by atoms with Crippen LogP contribution in [0.25, 0.3) is 6.08 Å². The summed E-state index contributed by atoms with van der Waals surface area (Å²) in [7, 11) is 0. The second-order valence-corrected chi connectivity index (χ2v) is 8.41. The lowest BCUT2D eigenvalue weighted by Gasteiger charge is -2.24. The minimum absolute atomic E-state index is 0.338. The number of benzene rings is 1. The van der Waals surface area contributed by atoms with Gasteiger partial charge < -0.3 is 0 Å². The van der Waals surface area contributed by atoms with Crippen molar-refractivity contribution in [3.8, 4) is 0 Å². The second kappa shape index (κ2) is 9.31. The van der Waals surface area contributed by atoms with Crippen molar-refractivity contribution in [1.82, 2.24) is 0 Å². The van der Waals surface area contributed by atoms with Crippen molar-refractivity contribution in [2.24, 2.45) is 5.92 Å². The van der Waals surface area contributed by atoms with E-state index in [0.717, 1.165) is 58.3 Å². The maximum atomic E-state index is 6.60. The summed E-state index contributed by atoms with van der Waals surface area (Å²) in [5.74, 6) is 0.338. The van der Waals surface area contributed by atoms with Crippen LogP contribution in [0.4, 0.5) is 0 Å². The highest BCUT2D eigenvalue weighted by Gasteiger charge is 2.23. The third-order valence-electron chi connectivity index (χ3n) is 5.39. The zero-order valence-electron chi connectivity index (χ0n) is 15.0. The first-order chi connectivity index (χ1) is 12.6. The Balaban J connectivity index is 1.82. The van der Waals surface area contributed by atoms with Gasteiger partial charge in [-0.3, -0.25) is 0 Å². The van der Waals surface area contributed by atoms with E-state index in [4.69, 9.17) is 34.8 Å². The summed E-state index contributed by atoms with van der Waals surface area (Å²) in [6.07, 6.45) is 15.2. The molecule has 0 aromatic heterocycles. The molecule has 0 saturated heterocycles. The van der Waals surface area contributed by atoms with Crippen molar-refractivity contribution in [2.45, 2.75) is 51.4 Å². The first-order valence-corrected chi connectivity index (χ1v) is 10.5. The second-order valence-electron chi connectivity index (χ2n) is 7.17. The highest BCUT2D eigenvalue weighted by atomic mass is 35.5. The number of hydrogen-bond acceptors (Lipinski definition) is 0. The molecule has 0 N–H and O–H groups in total. The molecule has 0 bridgehead atoms. The first kappa shape index (κ1) is 19.8. The predicted molar refractivity (Wildman–Crippen MR) is 116 cm³/mol. The van der Waals surface area contributed by atoms with Crippen molar-refractivity contribution in [3.63, 3.8) is 0 Å². The fourth-order valence-corrected chi connectivity index (χ4v) is 4.68. The van der Waals surface area contributed by atoms with E-state index < -0.39 is 0 Å². The Hall–Kier alpha value is -0.950. The van der Waals surface area contributed by atoms with Gasteiger partial charge in [-0.1, -0.05) is 77.3 Å². The number of allylic oxidation sites excluding steroid dienone is 6. The first-order valence-electron chi connectivity index (χ1n) is 9.42. The number of halogens is 3. The van der Waals surface area contributed by atoms with Gasteiger partial charge in [-0.2, -0.15) is 0 Å². The molecule has 0 saturated carbocycles. The van der Waals surface area contributed by atoms with E-state index in [-0.39, 0.29) is 0 Å². The van der Waals surface area contributed by atoms with Gasteiger partial charge in [0.1, 0.15) is 0 Å². The Bertz CT molecular complexity index is 768. The number of hydrogen-bond donors (Lipinski definition) is 0. The van der Waals surface area contributed by atoms with Crippen molar-refractivity contribution < 1.29 is 0 Å². The zero-order chi connectivity index (χ0) is 18.5. The molecular weight excluding hydrogens is 383 g/mol. The lowest BCUT2D eigenvalue weighted by atomic mass is 9.84. The van der Waals surface area contributed by atoms with Crippen LogP contribution in [0.15, 0.2) is 58.1 Å². The average Bonchev–Trinajstić information content (AvgIpc) is 3.16. The van der Waals surface area contributed by atoms with E-state index in [9.17, 15) is 0 Å². The van der Waals surface area contributed by atoms with Gasteiger partial charge in [-0.05, 0) is 80.1 Å². The van der Waals surface area contributed by atoms with Crippen LogP contribution in [-0.2, 0) is 6.42 Å². The molecule has 26 heavy (non-hydrogen) atoms. The van der Waals surface area contributed by atoms with Crippen LogP contribution in [0, 0.1) is 5.92 Å². The summed E-state index contributed by atoms with van der Waals surface area (Å²) in [4.78, 5) is 0. The van der Waals surface area contributed by atoms with Crippen LogP contribution >= 0.6 is 34.8 Å². The van der Waals surface area contributed by atoms with Gasteiger partial charge >= 0.3 is 0 Å². The van der Waals surface area contributed by atoms with Gasteiger partial charge in [0.15, 0.2) is 0 Å². The minimum atomic E-state index is 0.338. The largest absolute Gasteiger partial charge is 0.0985 e. The summed E-state index contributed by atoms with van der Waals surface area (Å²) in [5, 5.41) is 2.35. The maximum absolute atomic E-state index is 6.60. The van der Waals surface area contributed by atoms with Crippen LogP contribution < -0.4 is 0 Å². The molecule has 0 aliphatic heterocycles. The topological polar surface area (TPSA) is 0 Å². The number of rotatable bonds is 7. The summed E-state index contributed by atoms with van der Waals surface area (Å²) < 4.78 is 0. The summed E-state index contributed by atoms with van der Waals surface area (Å²) in [6, 6.07) is 6.17. The molecule has 1 aromatic rings. The molecule has 0 spiro atoms. The Morgan fingerprint density at radius 3 is 2.62 bits per heavy atom. The molecule has 3 rings (SSSR count). The van der Waals surface area contributed by atoms with E-state index in [1.54, 1.807) is 5.57 Å². The molecule has 0 fully saturated rings. The Labute approximate surface area is 172 Å². The third-order valence-corrected chi connectivity index (χ3v) is 6.66. The quantitative estimate of drug-likeness (QED) is 0.398. The molecule has 2 aliphatic carbocycles. The van der Waals surface area contributed by atoms with Gasteiger partial charge in [-0.25, -0.2) is 0 Å². The Kier molecular flexibility index (Phi) is 7.09. The standard InChI is InChI=1S/C23H25Cl3/c1-2-16-10-13-19(22(25)14-16)15-18(12-11-17-6-3-4-7-17)20-8-5-9-21(24)23(20)26/h2,6,8,10,13-14,18H,1,3-5,7,9,11-12,15H2. The molecule has 0 radical (unpaired) electrons. The van der Waals surface area contributed by atoms with E-state index in [1.165, 1.54) is 24.8 Å². The molecule has 3 heteroatoms. The molecule has 0 nitrogen and oxygen atoms in total. The average molecular weight is 408 g/mol. The highest BCUT2D eigenvalue weighted by Crippen LogP contribution is 2.39. The van der Waals surface area contributed by atoms with Crippen LogP contribution in [-0.4, -0.2) is 0 Å². The smallest absolute Gasteiger partial charge is 0.0582 e. The van der Waals surface area contributed by atoms with Crippen molar-refractivity contribution >= 4 is 40.9 Å². The molecule has 138 valence electrons. The van der Waals surface area contributed by atoms with Gasteiger partial charge in [0.05, 0.1) is 5.03 Å². The monoisotopic (exact) mass is 406 g/mol. The van der Waals surface area contributed by atoms with Gasteiger partial charge in [-0.15, -0.1) is 0 Å². The SMILES string of the molecule is C=Cc1ccc(CC(CCC2=CCCC2)C2=CCCC(Cl)=C2Cl)c(Cl)c1. The Morgan fingerprint density at radius 1 is 1.08 bits per heavy atom. The van der Waals surface area contributed by atoms with Crippen molar-refractivity contribution in [1.29, 1.82) is 0 Å². The predicted octanol–water partition coefficient (Wildman–Crippen LogP) is 8.44. The Morgan fingerprint density at radius 2 is 1.92 bits per heavy atom. The lowest BCUT2D eigenvalue weighted by Crippen LogP contribution is -2.12. The minimum Gasteiger partial charge on any atom is -0.0985 e. The maximum Gasteiger partial charge on any atom is 0.0582 e. The lowest BCUT2D eigenvalue weighted by molar-refractivity contribution is 0.555. The van der Waals surface area contributed by atoms with Crippen molar-refractivity contribution in [2.75, 3.05) is 0 Å². The molecule has 2 aliphatic rings. The fourth-order valence-electron chi connectivity index (χ4n) is 3.87. The molecule has 1 unspecified atom stereocenters. The summed E-state index contributed by atoms with van der Waals surface area (Å²) >= 11 is 19.5. The molecule has 0 heterocycles. The molecule has 0 amide bonds. The molecule has 1 atom stereocenters. The normalized spacial score (nSPS) is 18.6. The van der Waals surface area contributed by atoms with E-state index in [0.29, 0.717) is 5.92 Å². The van der Waals surface area contributed by atoms with E-state index in [1.807, 2.05) is 12.1 Å². The molecular formula is C23H25Cl3. The van der Waals surface area contributed by atoms with E-state index in [2.05, 4.69) is 30.9 Å². The zero-order valence-corrected chi connectivity index (χ0v) is 17.3. The van der Waals surface area contributed by atoms with Crippen LogP contribution in [0.2, 0.25) is 5.02 Å². The molecule has 1 aromatic carbocycles. The van der Waals surface area contributed by atoms with Crippen molar-refractivity contribution in [3.05, 3.63) is 74.3 Å².